The number of hydrogen-bond acceptors (Lipinski definition) is 4. The molecule has 118 valence electrons. The zero-order valence-corrected chi connectivity index (χ0v) is 13.2. The highest BCUT2D eigenvalue weighted by molar-refractivity contribution is 8.00. The molecule has 3 rings (SSSR count). The molecule has 0 amide bonds. The molecule has 2 aromatic rings. The largest absolute Gasteiger partial charge is 0.296 e. The lowest BCUT2D eigenvalue weighted by molar-refractivity contribution is 0.220. The number of hydrogen-bond donors (Lipinski definition) is 0. The Morgan fingerprint density at radius 2 is 2.23 bits per heavy atom. The molecular formula is C15H18F2N4S. The van der Waals surface area contributed by atoms with Gasteiger partial charge in [-0.15, -0.1) is 16.9 Å². The van der Waals surface area contributed by atoms with Crippen molar-refractivity contribution in [3.05, 3.63) is 41.7 Å². The molecule has 0 unspecified atom stereocenters. The summed E-state index contributed by atoms with van der Waals surface area (Å²) >= 11 is 1.50. The van der Waals surface area contributed by atoms with Gasteiger partial charge in [-0.2, -0.15) is 0 Å². The van der Waals surface area contributed by atoms with Crippen LogP contribution in [0.3, 0.4) is 0 Å². The van der Waals surface area contributed by atoms with Crippen LogP contribution in [0.5, 0.6) is 0 Å². The van der Waals surface area contributed by atoms with E-state index in [1.165, 1.54) is 23.9 Å². The van der Waals surface area contributed by atoms with Crippen LogP contribution in [-0.4, -0.2) is 38.2 Å². The molecule has 0 radical (unpaired) electrons. The quantitative estimate of drug-likeness (QED) is 0.866. The van der Waals surface area contributed by atoms with Crippen molar-refractivity contribution < 1.29 is 8.78 Å². The molecule has 4 nitrogen and oxygen atoms in total. The van der Waals surface area contributed by atoms with Gasteiger partial charge < -0.3 is 0 Å². The number of aryl methyl sites for hydroxylation is 1. The maximum absolute atomic E-state index is 13.8. The average Bonchev–Trinajstić information content (AvgIpc) is 2.88. The van der Waals surface area contributed by atoms with E-state index in [-0.39, 0.29) is 0 Å². The molecule has 0 N–H and O–H groups in total. The molecule has 1 saturated heterocycles. The van der Waals surface area contributed by atoms with Crippen molar-refractivity contribution in [1.29, 1.82) is 0 Å². The number of halogens is 2. The van der Waals surface area contributed by atoms with E-state index in [0.29, 0.717) is 10.1 Å². The number of piperidine rings is 1. The third kappa shape index (κ3) is 3.64. The number of benzene rings is 1. The standard InChI is InChI=1S/C15H18F2N4S/c1-20-12(8-18-19-20)9-21-6-2-3-13(10-21)22-15-5-4-11(16)7-14(15)17/h4-5,7-8,13H,2-3,6,9-10H2,1H3/t13-/m0/s1. The lowest BCUT2D eigenvalue weighted by Crippen LogP contribution is -2.36. The van der Waals surface area contributed by atoms with Crippen molar-refractivity contribution in [2.75, 3.05) is 13.1 Å². The highest BCUT2D eigenvalue weighted by Gasteiger charge is 2.22. The molecule has 1 fully saturated rings. The van der Waals surface area contributed by atoms with E-state index < -0.39 is 11.6 Å². The van der Waals surface area contributed by atoms with Crippen molar-refractivity contribution in [2.45, 2.75) is 29.5 Å². The van der Waals surface area contributed by atoms with Crippen molar-refractivity contribution >= 4 is 11.8 Å². The van der Waals surface area contributed by atoms with Crippen LogP contribution >= 0.6 is 11.8 Å². The van der Waals surface area contributed by atoms with Crippen molar-refractivity contribution in [1.82, 2.24) is 19.9 Å². The van der Waals surface area contributed by atoms with Gasteiger partial charge in [0.15, 0.2) is 0 Å². The van der Waals surface area contributed by atoms with Crippen LogP contribution in [-0.2, 0) is 13.6 Å². The molecule has 0 saturated carbocycles. The summed E-state index contributed by atoms with van der Waals surface area (Å²) in [5, 5.41) is 8.14. The zero-order valence-electron chi connectivity index (χ0n) is 12.4. The molecule has 0 bridgehead atoms. The first-order valence-corrected chi connectivity index (χ1v) is 8.17. The van der Waals surface area contributed by atoms with Gasteiger partial charge in [0.25, 0.3) is 0 Å². The lowest BCUT2D eigenvalue weighted by atomic mass is 10.1. The molecule has 1 atom stereocenters. The number of thioether (sulfide) groups is 1. The number of nitrogens with zero attached hydrogens (tertiary/aromatic N) is 4. The minimum absolute atomic E-state index is 0.315. The summed E-state index contributed by atoms with van der Waals surface area (Å²) in [4.78, 5) is 2.86. The Morgan fingerprint density at radius 1 is 1.36 bits per heavy atom. The highest BCUT2D eigenvalue weighted by Crippen LogP contribution is 2.31. The fraction of sp³-hybridized carbons (Fsp3) is 0.467. The molecule has 1 aliphatic rings. The molecule has 22 heavy (non-hydrogen) atoms. The summed E-state index contributed by atoms with van der Waals surface area (Å²) in [6.07, 6.45) is 3.89. The normalized spacial score (nSPS) is 19.5. The molecular weight excluding hydrogens is 306 g/mol. The van der Waals surface area contributed by atoms with Gasteiger partial charge in [0, 0.05) is 36.3 Å². The summed E-state index contributed by atoms with van der Waals surface area (Å²) in [7, 11) is 1.88. The molecule has 0 aliphatic carbocycles. The SMILES string of the molecule is Cn1nncc1CN1CCC[C@H](Sc2ccc(F)cc2F)C1. The first-order chi connectivity index (χ1) is 10.6. The Hall–Kier alpha value is -1.47. The second kappa shape index (κ2) is 6.75. The van der Waals surface area contributed by atoms with Crippen LogP contribution in [0.15, 0.2) is 29.3 Å². The van der Waals surface area contributed by atoms with Crippen molar-refractivity contribution in [2.24, 2.45) is 7.05 Å². The summed E-state index contributed by atoms with van der Waals surface area (Å²) in [5.74, 6) is -1.01. The van der Waals surface area contributed by atoms with E-state index >= 15 is 0 Å². The molecule has 0 spiro atoms. The van der Waals surface area contributed by atoms with Crippen LogP contribution in [0.4, 0.5) is 8.78 Å². The zero-order chi connectivity index (χ0) is 15.5. The molecule has 1 aromatic heterocycles. The summed E-state index contributed by atoms with van der Waals surface area (Å²) in [6.45, 7) is 2.70. The van der Waals surface area contributed by atoms with Gasteiger partial charge in [0.1, 0.15) is 11.6 Å². The Kier molecular flexibility index (Phi) is 4.73. The van der Waals surface area contributed by atoms with E-state index in [1.54, 1.807) is 10.9 Å². The molecule has 7 heteroatoms. The monoisotopic (exact) mass is 324 g/mol. The topological polar surface area (TPSA) is 34.0 Å². The number of aromatic nitrogens is 3. The minimum atomic E-state index is -0.532. The van der Waals surface area contributed by atoms with E-state index in [1.807, 2.05) is 7.05 Å². The average molecular weight is 324 g/mol. The first-order valence-electron chi connectivity index (χ1n) is 7.29. The third-order valence-electron chi connectivity index (χ3n) is 3.84. The van der Waals surface area contributed by atoms with E-state index in [9.17, 15) is 8.78 Å². The van der Waals surface area contributed by atoms with Crippen LogP contribution in [0.25, 0.3) is 0 Å². The van der Waals surface area contributed by atoms with Crippen LogP contribution < -0.4 is 0 Å². The Balaban J connectivity index is 1.62. The van der Waals surface area contributed by atoms with E-state index in [2.05, 4.69) is 15.2 Å². The fourth-order valence-electron chi connectivity index (χ4n) is 2.69. The summed E-state index contributed by atoms with van der Waals surface area (Å²) < 4.78 is 28.5. The van der Waals surface area contributed by atoms with Gasteiger partial charge in [0.2, 0.25) is 0 Å². The first kappa shape index (κ1) is 15.4. The van der Waals surface area contributed by atoms with Gasteiger partial charge in [-0.3, -0.25) is 9.58 Å². The predicted octanol–water partition coefficient (Wildman–Crippen LogP) is 2.85. The van der Waals surface area contributed by atoms with Crippen LogP contribution in [0.2, 0.25) is 0 Å². The Morgan fingerprint density at radius 3 is 2.95 bits per heavy atom. The Bertz CT molecular complexity index is 646. The van der Waals surface area contributed by atoms with Gasteiger partial charge in [-0.05, 0) is 31.5 Å². The number of likely N-dealkylation sites (tertiary alicyclic amines) is 1. The van der Waals surface area contributed by atoms with E-state index in [4.69, 9.17) is 0 Å². The van der Waals surface area contributed by atoms with Crippen LogP contribution in [0.1, 0.15) is 18.5 Å². The fourth-order valence-corrected chi connectivity index (χ4v) is 3.93. The maximum Gasteiger partial charge on any atom is 0.139 e. The molecule has 1 aliphatic heterocycles. The molecule has 2 heterocycles. The second-order valence-corrected chi connectivity index (χ2v) is 6.88. The Labute approximate surface area is 132 Å². The molecule has 1 aromatic carbocycles. The van der Waals surface area contributed by atoms with Gasteiger partial charge in [-0.25, -0.2) is 8.78 Å². The van der Waals surface area contributed by atoms with Crippen molar-refractivity contribution in [3.63, 3.8) is 0 Å². The smallest absolute Gasteiger partial charge is 0.139 e. The summed E-state index contributed by atoms with van der Waals surface area (Å²) in [6, 6.07) is 3.79. The third-order valence-corrected chi connectivity index (χ3v) is 5.15. The number of rotatable bonds is 4. The highest BCUT2D eigenvalue weighted by atomic mass is 32.2. The lowest BCUT2D eigenvalue weighted by Gasteiger charge is -2.32. The summed E-state index contributed by atoms with van der Waals surface area (Å²) in [5.41, 5.74) is 1.07. The van der Waals surface area contributed by atoms with Gasteiger partial charge in [0.05, 0.1) is 11.9 Å². The maximum atomic E-state index is 13.8. The second-order valence-electron chi connectivity index (χ2n) is 5.54. The van der Waals surface area contributed by atoms with Crippen LogP contribution in [0, 0.1) is 11.6 Å². The van der Waals surface area contributed by atoms with Gasteiger partial charge >= 0.3 is 0 Å². The van der Waals surface area contributed by atoms with E-state index in [0.717, 1.165) is 44.2 Å². The minimum Gasteiger partial charge on any atom is -0.296 e. The predicted molar refractivity (Wildman–Crippen MR) is 81.5 cm³/mol. The van der Waals surface area contributed by atoms with Gasteiger partial charge in [-0.1, -0.05) is 5.21 Å². The van der Waals surface area contributed by atoms with Crippen molar-refractivity contribution in [3.8, 4) is 0 Å².